The van der Waals surface area contributed by atoms with Crippen molar-refractivity contribution >= 4 is 28.8 Å². The molecule has 0 saturated carbocycles. The van der Waals surface area contributed by atoms with Crippen LogP contribution in [-0.4, -0.2) is 63.2 Å². The molecule has 180 valence electrons. The van der Waals surface area contributed by atoms with E-state index in [1.54, 1.807) is 6.07 Å². The van der Waals surface area contributed by atoms with Crippen LogP contribution in [0.25, 0.3) is 5.65 Å². The van der Waals surface area contributed by atoms with Crippen LogP contribution >= 0.6 is 11.3 Å². The van der Waals surface area contributed by atoms with E-state index in [1.165, 1.54) is 17.0 Å². The number of nitrogens with one attached hydrogen (secondary N) is 1. The molecule has 7 nitrogen and oxygen atoms in total. The second kappa shape index (κ2) is 10.4. The summed E-state index contributed by atoms with van der Waals surface area (Å²) in [5.74, 6) is -0.222. The van der Waals surface area contributed by atoms with E-state index in [1.807, 2.05) is 71.8 Å². The third-order valence-electron chi connectivity index (χ3n) is 6.52. The number of thiophene rings is 1. The fraction of sp³-hybridized carbons (Fsp3) is 0.296. The molecule has 5 rings (SSSR count). The zero-order valence-corrected chi connectivity index (χ0v) is 20.6. The highest BCUT2D eigenvalue weighted by Gasteiger charge is 2.29. The van der Waals surface area contributed by atoms with Gasteiger partial charge in [0.1, 0.15) is 11.7 Å². The normalized spacial score (nSPS) is 15.3. The molecule has 8 heteroatoms. The van der Waals surface area contributed by atoms with Crippen LogP contribution in [0.5, 0.6) is 0 Å². The first-order chi connectivity index (χ1) is 17.1. The summed E-state index contributed by atoms with van der Waals surface area (Å²) < 4.78 is 2.14. The van der Waals surface area contributed by atoms with Crippen molar-refractivity contribution in [2.75, 3.05) is 26.2 Å². The predicted octanol–water partition coefficient (Wildman–Crippen LogP) is 3.39. The number of hydrogen-bond donors (Lipinski definition) is 1. The minimum absolute atomic E-state index is 0.0237. The Morgan fingerprint density at radius 2 is 1.77 bits per heavy atom. The van der Waals surface area contributed by atoms with E-state index in [4.69, 9.17) is 0 Å². The smallest absolute Gasteiger partial charge is 0.262 e. The number of pyridine rings is 1. The zero-order chi connectivity index (χ0) is 24.2. The van der Waals surface area contributed by atoms with E-state index in [0.717, 1.165) is 36.5 Å². The average Bonchev–Trinajstić information content (AvgIpc) is 3.53. The van der Waals surface area contributed by atoms with Crippen LogP contribution in [0, 0.1) is 6.92 Å². The summed E-state index contributed by atoms with van der Waals surface area (Å²) in [5.41, 5.74) is 4.21. The Bertz CT molecular complexity index is 1290. The highest BCUT2D eigenvalue weighted by Crippen LogP contribution is 2.17. The van der Waals surface area contributed by atoms with Gasteiger partial charge in [-0.1, -0.05) is 42.5 Å². The second-order valence-electron chi connectivity index (χ2n) is 8.87. The summed E-state index contributed by atoms with van der Waals surface area (Å²) in [7, 11) is 0. The van der Waals surface area contributed by atoms with Gasteiger partial charge in [-0.2, -0.15) is 0 Å². The van der Waals surface area contributed by atoms with Gasteiger partial charge in [0.05, 0.1) is 16.3 Å². The lowest BCUT2D eigenvalue weighted by Crippen LogP contribution is -2.55. The minimum atomic E-state index is -0.598. The van der Waals surface area contributed by atoms with Crippen molar-refractivity contribution in [2.45, 2.75) is 25.9 Å². The molecule has 1 aliphatic rings. The summed E-state index contributed by atoms with van der Waals surface area (Å²) in [6, 6.07) is 18.9. The van der Waals surface area contributed by atoms with E-state index in [9.17, 15) is 9.59 Å². The number of benzene rings is 1. The first-order valence-corrected chi connectivity index (χ1v) is 12.8. The van der Waals surface area contributed by atoms with E-state index in [-0.39, 0.29) is 11.8 Å². The molecular formula is C27H29N5O2S. The Morgan fingerprint density at radius 3 is 2.51 bits per heavy atom. The lowest BCUT2D eigenvalue weighted by molar-refractivity contribution is -0.135. The molecule has 2 amide bonds. The van der Waals surface area contributed by atoms with Gasteiger partial charge in [-0.25, -0.2) is 4.98 Å². The largest absolute Gasteiger partial charge is 0.339 e. The van der Waals surface area contributed by atoms with Crippen molar-refractivity contribution < 1.29 is 9.59 Å². The fourth-order valence-corrected chi connectivity index (χ4v) is 5.23. The van der Waals surface area contributed by atoms with Crippen molar-refractivity contribution in [3.05, 3.63) is 94.1 Å². The first-order valence-electron chi connectivity index (χ1n) is 11.9. The number of imidazole rings is 1. The van der Waals surface area contributed by atoms with Crippen LogP contribution in [0.3, 0.4) is 0 Å². The van der Waals surface area contributed by atoms with Crippen molar-refractivity contribution in [1.82, 2.24) is 24.5 Å². The Hall–Kier alpha value is -3.49. The molecule has 1 N–H and O–H groups in total. The highest BCUT2D eigenvalue weighted by atomic mass is 32.1. The molecule has 0 radical (unpaired) electrons. The molecule has 3 aromatic heterocycles. The summed E-state index contributed by atoms with van der Waals surface area (Å²) in [4.78, 5) is 35.9. The summed E-state index contributed by atoms with van der Waals surface area (Å²) in [5, 5.41) is 4.86. The van der Waals surface area contributed by atoms with Gasteiger partial charge in [0.2, 0.25) is 5.91 Å². The van der Waals surface area contributed by atoms with Crippen LogP contribution in [0.4, 0.5) is 0 Å². The number of fused-ring (bicyclic) bond motifs is 1. The Kier molecular flexibility index (Phi) is 6.92. The lowest BCUT2D eigenvalue weighted by Gasteiger charge is -2.36. The third kappa shape index (κ3) is 5.28. The maximum Gasteiger partial charge on any atom is 0.262 e. The van der Waals surface area contributed by atoms with E-state index < -0.39 is 6.04 Å². The number of carbonyl (C=O) groups excluding carboxylic acids is 2. The van der Waals surface area contributed by atoms with Gasteiger partial charge < -0.3 is 14.6 Å². The Morgan fingerprint density at radius 1 is 1.00 bits per heavy atom. The maximum atomic E-state index is 13.5. The summed E-state index contributed by atoms with van der Waals surface area (Å²) in [6.07, 6.45) is 2.52. The number of amides is 2. The number of aryl methyl sites for hydroxylation is 1. The molecule has 4 heterocycles. The van der Waals surface area contributed by atoms with Crippen LogP contribution in [0.2, 0.25) is 0 Å². The van der Waals surface area contributed by atoms with Crippen LogP contribution in [-0.2, 0) is 17.8 Å². The molecule has 0 spiro atoms. The monoisotopic (exact) mass is 487 g/mol. The molecule has 4 aromatic rings. The maximum absolute atomic E-state index is 13.5. The number of carbonyl (C=O) groups is 2. The quantitative estimate of drug-likeness (QED) is 0.434. The first kappa shape index (κ1) is 23.3. The molecule has 1 atom stereocenters. The summed E-state index contributed by atoms with van der Waals surface area (Å²) in [6.45, 7) is 5.67. The molecule has 1 fully saturated rings. The fourth-order valence-electron chi connectivity index (χ4n) is 4.60. The molecular weight excluding hydrogens is 458 g/mol. The van der Waals surface area contributed by atoms with Crippen molar-refractivity contribution in [3.63, 3.8) is 0 Å². The average molecular weight is 488 g/mol. The Balaban J connectivity index is 1.25. The number of aromatic nitrogens is 2. The standard InChI is InChI=1S/C27H29N5O2S/c1-20-23(32-12-6-5-11-25(32)28-20)19-30-13-15-31(16-14-30)27(34)22(18-21-8-3-2-4-9-21)29-26(33)24-10-7-17-35-24/h2-12,17,22H,13-16,18-19H2,1H3,(H,29,33)/t22-/m1/s1. The van der Waals surface area contributed by atoms with Crippen molar-refractivity contribution in [2.24, 2.45) is 0 Å². The molecule has 1 saturated heterocycles. The van der Waals surface area contributed by atoms with Crippen LogP contribution in [0.15, 0.2) is 72.2 Å². The predicted molar refractivity (Wildman–Crippen MR) is 138 cm³/mol. The van der Waals surface area contributed by atoms with Crippen LogP contribution < -0.4 is 5.32 Å². The molecule has 1 aromatic carbocycles. The summed E-state index contributed by atoms with van der Waals surface area (Å²) >= 11 is 1.38. The number of nitrogens with zero attached hydrogens (tertiary/aromatic N) is 4. The van der Waals surface area contributed by atoms with E-state index >= 15 is 0 Å². The molecule has 0 unspecified atom stereocenters. The van der Waals surface area contributed by atoms with Gasteiger partial charge in [-0.15, -0.1) is 11.3 Å². The molecule has 1 aliphatic heterocycles. The van der Waals surface area contributed by atoms with Gasteiger partial charge in [-0.3, -0.25) is 14.5 Å². The van der Waals surface area contributed by atoms with Crippen molar-refractivity contribution in [3.8, 4) is 0 Å². The molecule has 35 heavy (non-hydrogen) atoms. The lowest BCUT2D eigenvalue weighted by atomic mass is 10.0. The van der Waals surface area contributed by atoms with Crippen molar-refractivity contribution in [1.29, 1.82) is 0 Å². The topological polar surface area (TPSA) is 70.0 Å². The second-order valence-corrected chi connectivity index (χ2v) is 9.81. The number of piperazine rings is 1. The van der Waals surface area contributed by atoms with Gasteiger partial charge in [0, 0.05) is 45.3 Å². The zero-order valence-electron chi connectivity index (χ0n) is 19.8. The van der Waals surface area contributed by atoms with E-state index in [0.29, 0.717) is 24.4 Å². The Labute approximate surface area is 209 Å². The minimum Gasteiger partial charge on any atom is -0.339 e. The SMILES string of the molecule is Cc1nc2ccccn2c1CN1CCN(C(=O)[C@@H](Cc2ccccc2)NC(=O)c2cccs2)CC1. The van der Waals surface area contributed by atoms with Gasteiger partial charge in [0.15, 0.2) is 0 Å². The number of rotatable bonds is 7. The molecule has 0 aliphatic carbocycles. The number of hydrogen-bond acceptors (Lipinski definition) is 5. The molecule has 0 bridgehead atoms. The highest BCUT2D eigenvalue weighted by molar-refractivity contribution is 7.12. The van der Waals surface area contributed by atoms with E-state index in [2.05, 4.69) is 25.8 Å². The van der Waals surface area contributed by atoms with Gasteiger partial charge in [0.25, 0.3) is 5.91 Å². The van der Waals surface area contributed by atoms with Gasteiger partial charge >= 0.3 is 0 Å². The van der Waals surface area contributed by atoms with Gasteiger partial charge in [-0.05, 0) is 36.1 Å². The van der Waals surface area contributed by atoms with Crippen LogP contribution in [0.1, 0.15) is 26.6 Å². The third-order valence-corrected chi connectivity index (χ3v) is 7.39.